The predicted molar refractivity (Wildman–Crippen MR) is 33.1 cm³/mol. The zero-order valence-corrected chi connectivity index (χ0v) is 5.74. The van der Waals surface area contributed by atoms with Gasteiger partial charge in [0.15, 0.2) is 0 Å². The van der Waals surface area contributed by atoms with Crippen LogP contribution in [0.4, 0.5) is 0 Å². The smallest absolute Gasteiger partial charge is 0.0584 e. The number of hydrogen-bond acceptors (Lipinski definition) is 2. The first-order valence-corrected chi connectivity index (χ1v) is 3.22. The lowest BCUT2D eigenvalue weighted by Gasteiger charge is -2.19. The van der Waals surface area contributed by atoms with E-state index in [0.717, 1.165) is 6.67 Å². The Hall–Kier alpha value is 0.400. The summed E-state index contributed by atoms with van der Waals surface area (Å²) in [4.78, 5) is 0. The van der Waals surface area contributed by atoms with Crippen LogP contribution in [0, 0.1) is 0 Å². The van der Waals surface area contributed by atoms with Crippen molar-refractivity contribution in [1.29, 1.82) is 0 Å². The molecule has 0 aliphatic carbocycles. The largest absolute Gasteiger partial charge is 0.304 e. The second kappa shape index (κ2) is 2.64. The van der Waals surface area contributed by atoms with Crippen molar-refractivity contribution in [3.8, 4) is 0 Å². The Labute approximate surface area is 52.2 Å². The predicted octanol–water partition coefficient (Wildman–Crippen LogP) is 0.549. The first-order valence-electron chi connectivity index (χ1n) is 2.51. The number of halogens is 1. The van der Waals surface area contributed by atoms with Gasteiger partial charge in [-0.2, -0.15) is 0 Å². The quantitative estimate of drug-likeness (QED) is 0.527. The molecule has 1 aliphatic heterocycles. The first-order chi connectivity index (χ1) is 3.39. The third kappa shape index (κ3) is 1.76. The maximum atomic E-state index is 3.36. The normalized spacial score (nSPS) is 25.3. The highest BCUT2D eigenvalue weighted by Gasteiger charge is 2.02. The molecule has 42 valence electrons. The summed E-state index contributed by atoms with van der Waals surface area (Å²) in [6, 6.07) is 0. The van der Waals surface area contributed by atoms with Crippen LogP contribution in [-0.2, 0) is 0 Å². The van der Waals surface area contributed by atoms with Crippen molar-refractivity contribution in [1.82, 2.24) is 9.24 Å². The summed E-state index contributed by atoms with van der Waals surface area (Å²) in [5.41, 5.74) is 0. The van der Waals surface area contributed by atoms with E-state index in [1.807, 2.05) is 0 Å². The summed E-state index contributed by atoms with van der Waals surface area (Å²) in [5, 5.41) is 3.21. The molecule has 2 nitrogen and oxygen atoms in total. The van der Waals surface area contributed by atoms with Gasteiger partial charge in [-0.25, -0.2) is 3.93 Å². The van der Waals surface area contributed by atoms with E-state index in [1.165, 1.54) is 19.5 Å². The average molecular weight is 165 g/mol. The van der Waals surface area contributed by atoms with Gasteiger partial charge in [0.25, 0.3) is 0 Å². The number of nitrogens with one attached hydrogen (secondary N) is 1. The van der Waals surface area contributed by atoms with Gasteiger partial charge in [0.2, 0.25) is 0 Å². The number of nitrogens with zero attached hydrogens (tertiary/aromatic N) is 1. The highest BCUT2D eigenvalue weighted by Crippen LogP contribution is 1.99. The van der Waals surface area contributed by atoms with E-state index in [-0.39, 0.29) is 0 Å². The molecule has 0 saturated carbocycles. The molecular weight excluding hydrogens is 156 g/mol. The van der Waals surface area contributed by atoms with Crippen molar-refractivity contribution in [3.05, 3.63) is 0 Å². The minimum Gasteiger partial charge on any atom is -0.304 e. The molecule has 0 radical (unpaired) electrons. The Kier molecular flexibility index (Phi) is 2.09. The van der Waals surface area contributed by atoms with E-state index in [2.05, 4.69) is 25.4 Å². The molecule has 0 bridgehead atoms. The molecule has 7 heavy (non-hydrogen) atoms. The van der Waals surface area contributed by atoms with Gasteiger partial charge in [0.05, 0.1) is 6.67 Å². The molecule has 0 spiro atoms. The molecule has 0 amide bonds. The van der Waals surface area contributed by atoms with Crippen molar-refractivity contribution >= 4 is 16.1 Å². The van der Waals surface area contributed by atoms with Crippen LogP contribution in [0.25, 0.3) is 0 Å². The summed E-state index contributed by atoms with van der Waals surface area (Å²) >= 11 is 3.36. The van der Waals surface area contributed by atoms with Crippen molar-refractivity contribution in [3.63, 3.8) is 0 Å². The van der Waals surface area contributed by atoms with Gasteiger partial charge in [-0.3, -0.25) is 0 Å². The summed E-state index contributed by atoms with van der Waals surface area (Å²) in [5.74, 6) is 0. The fourth-order valence-corrected chi connectivity index (χ4v) is 1.08. The topological polar surface area (TPSA) is 15.3 Å². The minimum atomic E-state index is 0.986. The van der Waals surface area contributed by atoms with E-state index < -0.39 is 0 Å². The maximum Gasteiger partial charge on any atom is 0.0584 e. The summed E-state index contributed by atoms with van der Waals surface area (Å²) < 4.78 is 2.09. The van der Waals surface area contributed by atoms with Crippen LogP contribution in [0.1, 0.15) is 6.42 Å². The van der Waals surface area contributed by atoms with E-state index in [9.17, 15) is 0 Å². The van der Waals surface area contributed by atoms with Gasteiger partial charge in [-0.15, -0.1) is 0 Å². The second-order valence-corrected chi connectivity index (χ2v) is 2.70. The third-order valence-corrected chi connectivity index (χ3v) is 1.64. The van der Waals surface area contributed by atoms with Crippen molar-refractivity contribution in [2.45, 2.75) is 6.42 Å². The van der Waals surface area contributed by atoms with E-state index in [1.54, 1.807) is 0 Å². The second-order valence-electron chi connectivity index (χ2n) is 1.70. The fraction of sp³-hybridized carbons (Fsp3) is 1.00. The summed E-state index contributed by atoms with van der Waals surface area (Å²) in [6.45, 7) is 3.33. The fourth-order valence-electron chi connectivity index (χ4n) is 0.655. The van der Waals surface area contributed by atoms with Crippen molar-refractivity contribution in [2.24, 2.45) is 0 Å². The molecule has 1 saturated heterocycles. The molecule has 0 aromatic rings. The molecule has 0 aromatic heterocycles. The molecule has 1 N–H and O–H groups in total. The summed E-state index contributed by atoms with van der Waals surface area (Å²) in [7, 11) is 0. The number of rotatable bonds is 0. The van der Waals surface area contributed by atoms with Crippen molar-refractivity contribution in [2.75, 3.05) is 19.8 Å². The van der Waals surface area contributed by atoms with Gasteiger partial charge in [0, 0.05) is 22.7 Å². The minimum absolute atomic E-state index is 0.986. The molecule has 1 aliphatic rings. The molecular formula is C4H9BrN2. The molecule has 0 aromatic carbocycles. The molecule has 0 atom stereocenters. The Morgan fingerprint density at radius 3 is 2.71 bits per heavy atom. The van der Waals surface area contributed by atoms with Crippen LogP contribution in [0.15, 0.2) is 0 Å². The first kappa shape index (κ1) is 5.54. The Morgan fingerprint density at radius 1 is 1.57 bits per heavy atom. The van der Waals surface area contributed by atoms with E-state index >= 15 is 0 Å². The monoisotopic (exact) mass is 164 g/mol. The summed E-state index contributed by atoms with van der Waals surface area (Å²) in [6.07, 6.45) is 1.26. The van der Waals surface area contributed by atoms with Crippen LogP contribution in [0.3, 0.4) is 0 Å². The van der Waals surface area contributed by atoms with Crippen LogP contribution in [0.2, 0.25) is 0 Å². The van der Waals surface area contributed by atoms with Crippen LogP contribution < -0.4 is 5.32 Å². The van der Waals surface area contributed by atoms with Crippen LogP contribution in [0.5, 0.6) is 0 Å². The van der Waals surface area contributed by atoms with Gasteiger partial charge in [0.1, 0.15) is 0 Å². The molecule has 1 heterocycles. The Morgan fingerprint density at radius 2 is 2.43 bits per heavy atom. The third-order valence-electron chi connectivity index (χ3n) is 1.04. The highest BCUT2D eigenvalue weighted by atomic mass is 79.9. The lowest BCUT2D eigenvalue weighted by Crippen LogP contribution is -2.35. The molecule has 1 rings (SSSR count). The van der Waals surface area contributed by atoms with Gasteiger partial charge in [-0.1, -0.05) is 0 Å². The standard InChI is InChI=1S/C4H9BrN2/c5-7-3-1-2-6-4-7/h6H,1-4H2. The van der Waals surface area contributed by atoms with Gasteiger partial charge in [-0.05, 0) is 13.0 Å². The van der Waals surface area contributed by atoms with Gasteiger partial charge >= 0.3 is 0 Å². The highest BCUT2D eigenvalue weighted by molar-refractivity contribution is 9.07. The molecule has 1 fully saturated rings. The lowest BCUT2D eigenvalue weighted by molar-refractivity contribution is 0.372. The zero-order valence-electron chi connectivity index (χ0n) is 4.15. The molecule has 3 heteroatoms. The number of hydrogen-bond donors (Lipinski definition) is 1. The van der Waals surface area contributed by atoms with E-state index in [4.69, 9.17) is 0 Å². The lowest BCUT2D eigenvalue weighted by atomic mass is 10.4. The Balaban J connectivity index is 2.12. The van der Waals surface area contributed by atoms with Crippen LogP contribution >= 0.6 is 16.1 Å². The zero-order chi connectivity index (χ0) is 5.11. The van der Waals surface area contributed by atoms with Crippen molar-refractivity contribution < 1.29 is 0 Å². The Bertz CT molecular complexity index is 51.7. The SMILES string of the molecule is BrN1CCCNC1. The maximum absolute atomic E-state index is 3.36. The molecule has 0 unspecified atom stereocenters. The van der Waals surface area contributed by atoms with Gasteiger partial charge < -0.3 is 5.32 Å². The van der Waals surface area contributed by atoms with Crippen LogP contribution in [-0.4, -0.2) is 23.7 Å². The van der Waals surface area contributed by atoms with E-state index in [0.29, 0.717) is 0 Å². The average Bonchev–Trinajstić information content (AvgIpc) is 1.69.